The second kappa shape index (κ2) is 6.07. The third-order valence-electron chi connectivity index (χ3n) is 3.32. The highest BCUT2D eigenvalue weighted by molar-refractivity contribution is 7.20. The molecular weight excluding hydrogens is 294 g/mol. The molecule has 0 bridgehead atoms. The largest absolute Gasteiger partial charge is 0.271 e. The summed E-state index contributed by atoms with van der Waals surface area (Å²) in [5.74, 6) is -0.210. The summed E-state index contributed by atoms with van der Waals surface area (Å²) in [5.41, 5.74) is 5.79. The molecule has 1 heterocycles. The first-order valence-electron chi connectivity index (χ1n) is 6.91. The molecule has 0 unspecified atom stereocenters. The van der Waals surface area contributed by atoms with Gasteiger partial charge in [0.05, 0.1) is 15.9 Å². The number of benzene rings is 2. The van der Waals surface area contributed by atoms with Gasteiger partial charge in [0.15, 0.2) is 0 Å². The van der Waals surface area contributed by atoms with Crippen LogP contribution in [0.25, 0.3) is 10.2 Å². The lowest BCUT2D eigenvalue weighted by molar-refractivity contribution is 0.0954. The Morgan fingerprint density at radius 2 is 1.86 bits per heavy atom. The first-order chi connectivity index (χ1) is 10.6. The van der Waals surface area contributed by atoms with E-state index in [9.17, 15) is 4.79 Å². The van der Waals surface area contributed by atoms with E-state index in [1.165, 1.54) is 0 Å². The Bertz CT molecular complexity index is 834. The quantitative estimate of drug-likeness (QED) is 0.591. The van der Waals surface area contributed by atoms with E-state index < -0.39 is 0 Å². The van der Waals surface area contributed by atoms with Crippen molar-refractivity contribution < 1.29 is 4.79 Å². The van der Waals surface area contributed by atoms with Crippen molar-refractivity contribution in [3.05, 3.63) is 64.7 Å². The predicted octanol–water partition coefficient (Wildman–Crippen LogP) is 3.76. The van der Waals surface area contributed by atoms with Crippen molar-refractivity contribution in [3.63, 3.8) is 0 Å². The van der Waals surface area contributed by atoms with Gasteiger partial charge in [0.1, 0.15) is 5.01 Å². The number of hydrazone groups is 1. The third kappa shape index (κ3) is 2.89. The van der Waals surface area contributed by atoms with Crippen LogP contribution in [0.15, 0.2) is 53.6 Å². The van der Waals surface area contributed by atoms with E-state index in [1.54, 1.807) is 17.4 Å². The number of rotatable bonds is 3. The molecule has 1 N–H and O–H groups in total. The first-order valence-corrected chi connectivity index (χ1v) is 7.73. The topological polar surface area (TPSA) is 54.4 Å². The number of aromatic nitrogens is 1. The zero-order valence-corrected chi connectivity index (χ0v) is 13.1. The molecular formula is C17H15N3OS. The monoisotopic (exact) mass is 309 g/mol. The molecule has 3 rings (SSSR count). The molecule has 0 spiro atoms. The van der Waals surface area contributed by atoms with Crippen LogP contribution in [0.2, 0.25) is 0 Å². The zero-order chi connectivity index (χ0) is 15.5. The fraction of sp³-hybridized carbons (Fsp3) is 0.118. The van der Waals surface area contributed by atoms with E-state index in [-0.39, 0.29) is 5.91 Å². The lowest BCUT2D eigenvalue weighted by Gasteiger charge is -2.03. The van der Waals surface area contributed by atoms with Gasteiger partial charge in [-0.25, -0.2) is 10.4 Å². The van der Waals surface area contributed by atoms with Crippen LogP contribution in [0.1, 0.15) is 27.9 Å². The fourth-order valence-corrected chi connectivity index (χ4v) is 3.01. The van der Waals surface area contributed by atoms with Crippen LogP contribution in [0.4, 0.5) is 0 Å². The van der Waals surface area contributed by atoms with Crippen LogP contribution < -0.4 is 5.43 Å². The van der Waals surface area contributed by atoms with Crippen LogP contribution >= 0.6 is 11.3 Å². The number of aryl methyl sites for hydroxylation is 1. The van der Waals surface area contributed by atoms with E-state index in [2.05, 4.69) is 15.5 Å². The number of nitrogens with zero attached hydrogens (tertiary/aromatic N) is 2. The highest BCUT2D eigenvalue weighted by Crippen LogP contribution is 2.21. The maximum absolute atomic E-state index is 12.1. The van der Waals surface area contributed by atoms with Gasteiger partial charge in [0.2, 0.25) is 0 Å². The van der Waals surface area contributed by atoms with Crippen molar-refractivity contribution in [1.29, 1.82) is 0 Å². The molecule has 0 aliphatic heterocycles. The summed E-state index contributed by atoms with van der Waals surface area (Å²) in [4.78, 5) is 16.7. The maximum Gasteiger partial charge on any atom is 0.271 e. The minimum Gasteiger partial charge on any atom is -0.267 e. The Hall–Kier alpha value is -2.53. The van der Waals surface area contributed by atoms with Gasteiger partial charge >= 0.3 is 0 Å². The van der Waals surface area contributed by atoms with Gasteiger partial charge < -0.3 is 0 Å². The number of fused-ring (bicyclic) bond motifs is 1. The van der Waals surface area contributed by atoms with Crippen molar-refractivity contribution in [2.24, 2.45) is 5.10 Å². The molecule has 3 aromatic rings. The Kier molecular flexibility index (Phi) is 3.98. The average Bonchev–Trinajstić information content (AvgIpc) is 2.97. The molecule has 0 aliphatic rings. The summed E-state index contributed by atoms with van der Waals surface area (Å²) in [7, 11) is 0. The van der Waals surface area contributed by atoms with E-state index >= 15 is 0 Å². The van der Waals surface area contributed by atoms with Crippen molar-refractivity contribution in [3.8, 4) is 0 Å². The van der Waals surface area contributed by atoms with Gasteiger partial charge in [0, 0.05) is 5.56 Å². The SMILES string of the molecule is C/C(=N/NC(=O)c1ccccc1C)c1nc2ccccc2s1. The van der Waals surface area contributed by atoms with E-state index in [4.69, 9.17) is 0 Å². The lowest BCUT2D eigenvalue weighted by atomic mass is 10.1. The van der Waals surface area contributed by atoms with Crippen LogP contribution in [0.5, 0.6) is 0 Å². The number of hydrogen-bond donors (Lipinski definition) is 1. The fourth-order valence-electron chi connectivity index (χ4n) is 2.10. The number of hydrogen-bond acceptors (Lipinski definition) is 4. The minimum atomic E-state index is -0.210. The molecule has 1 aromatic heterocycles. The normalized spacial score (nSPS) is 11.6. The lowest BCUT2D eigenvalue weighted by Crippen LogP contribution is -2.20. The summed E-state index contributed by atoms with van der Waals surface area (Å²) in [6.45, 7) is 3.74. The Labute approximate surface area is 132 Å². The number of carbonyl (C=O) groups excluding carboxylic acids is 1. The second-order valence-corrected chi connectivity index (χ2v) is 5.97. The molecule has 0 saturated carbocycles. The molecule has 1 amide bonds. The van der Waals surface area contributed by atoms with Gasteiger partial charge in [-0.1, -0.05) is 30.3 Å². The standard InChI is InChI=1S/C17H15N3OS/c1-11-7-3-4-8-13(11)16(21)20-19-12(2)17-18-14-9-5-6-10-15(14)22-17/h3-10H,1-2H3,(H,20,21)/b19-12-. The maximum atomic E-state index is 12.1. The number of para-hydroxylation sites is 1. The van der Waals surface area contributed by atoms with Crippen LogP contribution in [0, 0.1) is 6.92 Å². The van der Waals surface area contributed by atoms with Crippen molar-refractivity contribution in [2.75, 3.05) is 0 Å². The Morgan fingerprint density at radius 3 is 2.64 bits per heavy atom. The summed E-state index contributed by atoms with van der Waals surface area (Å²) in [5, 5.41) is 4.98. The highest BCUT2D eigenvalue weighted by atomic mass is 32.1. The van der Waals surface area contributed by atoms with Crippen molar-refractivity contribution in [1.82, 2.24) is 10.4 Å². The summed E-state index contributed by atoms with van der Waals surface area (Å²) in [6, 6.07) is 15.4. The second-order valence-electron chi connectivity index (χ2n) is 4.94. The predicted molar refractivity (Wildman–Crippen MR) is 90.5 cm³/mol. The third-order valence-corrected chi connectivity index (χ3v) is 4.46. The summed E-state index contributed by atoms with van der Waals surface area (Å²) >= 11 is 1.56. The van der Waals surface area contributed by atoms with Crippen LogP contribution in [0.3, 0.4) is 0 Å². The van der Waals surface area contributed by atoms with Gasteiger partial charge in [-0.15, -0.1) is 11.3 Å². The number of amides is 1. The van der Waals surface area contributed by atoms with Gasteiger partial charge in [-0.2, -0.15) is 5.10 Å². The molecule has 22 heavy (non-hydrogen) atoms. The molecule has 5 heteroatoms. The molecule has 0 atom stereocenters. The summed E-state index contributed by atoms with van der Waals surface area (Å²) in [6.07, 6.45) is 0. The van der Waals surface area contributed by atoms with E-state index in [0.717, 1.165) is 20.8 Å². The van der Waals surface area contributed by atoms with E-state index in [1.807, 2.05) is 56.3 Å². The number of thiazole rings is 1. The molecule has 0 saturated heterocycles. The number of carbonyl (C=O) groups is 1. The summed E-state index contributed by atoms with van der Waals surface area (Å²) < 4.78 is 1.11. The van der Waals surface area contributed by atoms with Crippen LogP contribution in [-0.2, 0) is 0 Å². The van der Waals surface area contributed by atoms with Crippen molar-refractivity contribution in [2.45, 2.75) is 13.8 Å². The molecule has 0 fully saturated rings. The first kappa shape index (κ1) is 14.4. The van der Waals surface area contributed by atoms with Crippen LogP contribution in [-0.4, -0.2) is 16.6 Å². The molecule has 4 nitrogen and oxygen atoms in total. The highest BCUT2D eigenvalue weighted by Gasteiger charge is 2.09. The molecule has 110 valence electrons. The molecule has 0 radical (unpaired) electrons. The van der Waals surface area contributed by atoms with Gasteiger partial charge in [-0.3, -0.25) is 4.79 Å². The number of nitrogens with one attached hydrogen (secondary N) is 1. The molecule has 2 aromatic carbocycles. The zero-order valence-electron chi connectivity index (χ0n) is 12.3. The van der Waals surface area contributed by atoms with Gasteiger partial charge in [0.25, 0.3) is 5.91 Å². The molecule has 0 aliphatic carbocycles. The van der Waals surface area contributed by atoms with Crippen molar-refractivity contribution >= 4 is 33.2 Å². The minimum absolute atomic E-state index is 0.210. The average molecular weight is 309 g/mol. The Balaban J connectivity index is 1.80. The Morgan fingerprint density at radius 1 is 1.14 bits per heavy atom. The smallest absolute Gasteiger partial charge is 0.267 e. The van der Waals surface area contributed by atoms with E-state index in [0.29, 0.717) is 11.3 Å². The van der Waals surface area contributed by atoms with Gasteiger partial charge in [-0.05, 0) is 37.6 Å².